The quantitative estimate of drug-likeness (QED) is 0.784. The predicted molar refractivity (Wildman–Crippen MR) is 88.1 cm³/mol. The zero-order valence-corrected chi connectivity index (χ0v) is 13.2. The third-order valence-corrected chi connectivity index (χ3v) is 4.48. The van der Waals surface area contributed by atoms with Gasteiger partial charge in [-0.3, -0.25) is 0 Å². The van der Waals surface area contributed by atoms with Crippen LogP contribution >= 0.6 is 0 Å². The highest BCUT2D eigenvalue weighted by atomic mass is 16.5. The molecule has 0 radical (unpaired) electrons. The molecule has 0 amide bonds. The van der Waals surface area contributed by atoms with Crippen molar-refractivity contribution < 1.29 is 4.74 Å². The molecule has 2 aromatic rings. The Labute approximate surface area is 131 Å². The Morgan fingerprint density at radius 1 is 1.09 bits per heavy atom. The number of hydrazone groups is 1. The first-order valence-corrected chi connectivity index (χ1v) is 7.76. The number of nitrogens with zero attached hydrogens (tertiary/aromatic N) is 2. The molecule has 0 saturated carbocycles. The second kappa shape index (κ2) is 4.60. The van der Waals surface area contributed by atoms with E-state index in [4.69, 9.17) is 9.84 Å². The van der Waals surface area contributed by atoms with Gasteiger partial charge >= 0.3 is 0 Å². The minimum atomic E-state index is -0.425. The van der Waals surface area contributed by atoms with Crippen LogP contribution in [0.2, 0.25) is 0 Å². The van der Waals surface area contributed by atoms with Crippen molar-refractivity contribution >= 4 is 5.71 Å². The highest BCUT2D eigenvalue weighted by Gasteiger charge is 2.44. The van der Waals surface area contributed by atoms with Gasteiger partial charge < -0.3 is 4.74 Å². The number of rotatable bonds is 1. The van der Waals surface area contributed by atoms with Crippen molar-refractivity contribution in [1.29, 1.82) is 0 Å². The molecule has 0 bridgehead atoms. The number of benzene rings is 2. The zero-order valence-electron chi connectivity index (χ0n) is 13.2. The summed E-state index contributed by atoms with van der Waals surface area (Å²) in [6, 6.07) is 17.2. The van der Waals surface area contributed by atoms with Crippen LogP contribution in [0.15, 0.2) is 53.6 Å². The molecule has 0 N–H and O–H groups in total. The molecule has 0 unspecified atom stereocenters. The average molecular weight is 292 g/mol. The minimum absolute atomic E-state index is 0.260. The van der Waals surface area contributed by atoms with Crippen molar-refractivity contribution in [2.75, 3.05) is 0 Å². The van der Waals surface area contributed by atoms with Gasteiger partial charge in [0.25, 0.3) is 0 Å². The molecule has 2 aliphatic rings. The van der Waals surface area contributed by atoms with Crippen LogP contribution in [-0.4, -0.2) is 16.4 Å². The molecule has 2 aromatic carbocycles. The lowest BCUT2D eigenvalue weighted by Gasteiger charge is -2.43. The summed E-state index contributed by atoms with van der Waals surface area (Å²) in [7, 11) is 0. The highest BCUT2D eigenvalue weighted by molar-refractivity contribution is 6.02. The Hall–Kier alpha value is -2.29. The van der Waals surface area contributed by atoms with Crippen LogP contribution < -0.4 is 4.74 Å². The fourth-order valence-corrected chi connectivity index (χ4v) is 3.33. The molecular formula is C19H20N2O. The molecule has 3 nitrogen and oxygen atoms in total. The van der Waals surface area contributed by atoms with Gasteiger partial charge in [0, 0.05) is 12.0 Å². The van der Waals surface area contributed by atoms with Crippen molar-refractivity contribution in [3.05, 3.63) is 65.2 Å². The van der Waals surface area contributed by atoms with Gasteiger partial charge in [0.15, 0.2) is 5.72 Å². The van der Waals surface area contributed by atoms with E-state index in [1.807, 2.05) is 6.07 Å². The fraction of sp³-hybridized carbons (Fsp3) is 0.316. The van der Waals surface area contributed by atoms with Crippen molar-refractivity contribution in [2.45, 2.75) is 39.0 Å². The maximum absolute atomic E-state index is 6.16. The van der Waals surface area contributed by atoms with Crippen molar-refractivity contribution in [2.24, 2.45) is 5.10 Å². The first kappa shape index (κ1) is 13.4. The third kappa shape index (κ3) is 2.00. The van der Waals surface area contributed by atoms with Gasteiger partial charge in [-0.15, -0.1) is 0 Å². The molecular weight excluding hydrogens is 272 g/mol. The molecule has 0 aliphatic carbocycles. The van der Waals surface area contributed by atoms with Crippen LogP contribution in [0.4, 0.5) is 0 Å². The third-order valence-electron chi connectivity index (χ3n) is 4.48. The number of para-hydroxylation sites is 1. The molecule has 3 heteroatoms. The predicted octanol–water partition coefficient (Wildman–Crippen LogP) is 4.27. The Morgan fingerprint density at radius 3 is 2.59 bits per heavy atom. The second-order valence-corrected chi connectivity index (χ2v) is 6.56. The van der Waals surface area contributed by atoms with E-state index in [1.165, 1.54) is 16.7 Å². The molecule has 2 heterocycles. The van der Waals surface area contributed by atoms with E-state index in [1.54, 1.807) is 0 Å². The summed E-state index contributed by atoms with van der Waals surface area (Å²) >= 11 is 0. The molecule has 0 spiro atoms. The summed E-state index contributed by atoms with van der Waals surface area (Å²) in [5, 5.41) is 7.00. The van der Waals surface area contributed by atoms with Gasteiger partial charge in [-0.1, -0.05) is 48.0 Å². The number of hydrogen-bond donors (Lipinski definition) is 0. The largest absolute Gasteiger partial charge is 0.467 e. The fourth-order valence-electron chi connectivity index (χ4n) is 3.33. The van der Waals surface area contributed by atoms with Gasteiger partial charge in [0.1, 0.15) is 5.75 Å². The Bertz CT molecular complexity index is 746. The van der Waals surface area contributed by atoms with E-state index in [0.29, 0.717) is 0 Å². The first-order valence-electron chi connectivity index (χ1n) is 7.76. The van der Waals surface area contributed by atoms with E-state index in [2.05, 4.69) is 68.2 Å². The molecule has 112 valence electrons. The highest BCUT2D eigenvalue weighted by Crippen LogP contribution is 2.46. The molecule has 1 atom stereocenters. The van der Waals surface area contributed by atoms with Gasteiger partial charge in [0.2, 0.25) is 0 Å². The van der Waals surface area contributed by atoms with Crippen LogP contribution in [0, 0.1) is 6.92 Å². The molecule has 0 saturated heterocycles. The van der Waals surface area contributed by atoms with E-state index < -0.39 is 5.72 Å². The molecule has 2 aliphatic heterocycles. The van der Waals surface area contributed by atoms with Crippen LogP contribution in [-0.2, 0) is 0 Å². The van der Waals surface area contributed by atoms with Crippen LogP contribution in [0.1, 0.15) is 43.0 Å². The van der Waals surface area contributed by atoms with Crippen molar-refractivity contribution in [3.63, 3.8) is 0 Å². The summed E-state index contributed by atoms with van der Waals surface area (Å²) in [6.45, 7) is 6.27. The summed E-state index contributed by atoms with van der Waals surface area (Å²) < 4.78 is 6.16. The van der Waals surface area contributed by atoms with E-state index in [0.717, 1.165) is 17.9 Å². The molecule has 4 rings (SSSR count). The summed E-state index contributed by atoms with van der Waals surface area (Å²) in [6.07, 6.45) is 0.923. The number of fused-ring (bicyclic) bond motifs is 3. The van der Waals surface area contributed by atoms with E-state index in [-0.39, 0.29) is 6.04 Å². The average Bonchev–Trinajstić information content (AvgIpc) is 2.94. The maximum atomic E-state index is 6.16. The Balaban J connectivity index is 1.76. The number of aryl methyl sites for hydroxylation is 1. The zero-order chi connectivity index (χ0) is 15.3. The van der Waals surface area contributed by atoms with Crippen molar-refractivity contribution in [3.8, 4) is 5.75 Å². The summed E-state index contributed by atoms with van der Waals surface area (Å²) in [4.78, 5) is 0. The molecule has 0 aromatic heterocycles. The number of ether oxygens (including phenoxy) is 1. The van der Waals surface area contributed by atoms with Crippen LogP contribution in [0.25, 0.3) is 0 Å². The van der Waals surface area contributed by atoms with Crippen LogP contribution in [0.5, 0.6) is 5.75 Å². The minimum Gasteiger partial charge on any atom is -0.467 e. The lowest BCUT2D eigenvalue weighted by Crippen LogP contribution is -2.48. The second-order valence-electron chi connectivity index (χ2n) is 6.56. The van der Waals surface area contributed by atoms with Gasteiger partial charge in [-0.2, -0.15) is 5.10 Å². The Kier molecular flexibility index (Phi) is 2.80. The molecule has 0 fully saturated rings. The lowest BCUT2D eigenvalue weighted by molar-refractivity contribution is -0.0911. The maximum Gasteiger partial charge on any atom is 0.192 e. The normalized spacial score (nSPS) is 21.7. The summed E-state index contributed by atoms with van der Waals surface area (Å²) in [5.41, 5.74) is 4.42. The monoisotopic (exact) mass is 292 g/mol. The smallest absolute Gasteiger partial charge is 0.192 e. The van der Waals surface area contributed by atoms with Crippen molar-refractivity contribution in [1.82, 2.24) is 5.01 Å². The molecule has 22 heavy (non-hydrogen) atoms. The topological polar surface area (TPSA) is 24.8 Å². The SMILES string of the molecule is Cc1ccc(C2=NN3[C@@H](C2)c2ccccc2OC3(C)C)cc1. The van der Waals surface area contributed by atoms with Crippen LogP contribution in [0.3, 0.4) is 0 Å². The van der Waals surface area contributed by atoms with Gasteiger partial charge in [-0.05, 0) is 32.4 Å². The Morgan fingerprint density at radius 2 is 1.82 bits per heavy atom. The van der Waals surface area contributed by atoms with E-state index in [9.17, 15) is 0 Å². The van der Waals surface area contributed by atoms with Gasteiger partial charge in [-0.25, -0.2) is 5.01 Å². The summed E-state index contributed by atoms with van der Waals surface area (Å²) in [5.74, 6) is 0.981. The first-order chi connectivity index (χ1) is 10.5. The standard InChI is InChI=1S/C19H20N2O/c1-13-8-10-14(11-9-13)16-12-17-15-6-4-5-7-18(15)22-19(2,3)21(17)20-16/h4-11,17H,12H2,1-3H3/t17-/m0/s1. The van der Waals surface area contributed by atoms with Gasteiger partial charge in [0.05, 0.1) is 11.8 Å². The number of hydrogen-bond acceptors (Lipinski definition) is 3. The van der Waals surface area contributed by atoms with E-state index >= 15 is 0 Å². The lowest BCUT2D eigenvalue weighted by atomic mass is 9.95.